The minimum Gasteiger partial charge on any atom is -0.506 e. The van der Waals surface area contributed by atoms with Crippen LogP contribution in [0.25, 0.3) is 0 Å². The first kappa shape index (κ1) is 8.42. The highest BCUT2D eigenvalue weighted by atomic mass is 16.3. The zero-order valence-corrected chi connectivity index (χ0v) is 8.04. The summed E-state index contributed by atoms with van der Waals surface area (Å²) < 4.78 is 0. The normalized spacial score (nSPS) is 26.3. The molecule has 0 spiro atoms. The number of nitrogens with one attached hydrogen (secondary N) is 1. The molecule has 2 unspecified atom stereocenters. The Morgan fingerprint density at radius 3 is 2.92 bits per heavy atom. The molecule has 0 amide bonds. The Morgan fingerprint density at radius 1 is 1.38 bits per heavy atom. The maximum Gasteiger partial charge on any atom is 0.138 e. The van der Waals surface area contributed by atoms with E-state index in [-0.39, 0.29) is 0 Å². The lowest BCUT2D eigenvalue weighted by Crippen LogP contribution is -2.24. The highest BCUT2D eigenvalue weighted by molar-refractivity contribution is 5.64. The number of aromatic hydroxyl groups is 1. The highest BCUT2D eigenvalue weighted by Crippen LogP contribution is 2.38. The second kappa shape index (κ2) is 2.95. The number of hydrogen-bond donors (Lipinski definition) is 2. The lowest BCUT2D eigenvalue weighted by molar-refractivity contribution is 0.470. The van der Waals surface area contributed by atoms with Crippen molar-refractivity contribution in [2.45, 2.75) is 32.2 Å². The van der Waals surface area contributed by atoms with E-state index in [0.29, 0.717) is 17.7 Å². The van der Waals surface area contributed by atoms with Crippen LogP contribution in [0.4, 0.5) is 5.69 Å². The van der Waals surface area contributed by atoms with E-state index in [4.69, 9.17) is 0 Å². The monoisotopic (exact) mass is 177 g/mol. The molecule has 0 fully saturated rings. The van der Waals surface area contributed by atoms with Gasteiger partial charge in [-0.15, -0.1) is 0 Å². The van der Waals surface area contributed by atoms with Crippen molar-refractivity contribution in [3.05, 3.63) is 23.8 Å². The average Bonchev–Trinajstić information content (AvgIpc) is 2.07. The summed E-state index contributed by atoms with van der Waals surface area (Å²) in [4.78, 5) is 0. The van der Waals surface area contributed by atoms with Crippen molar-refractivity contribution in [1.82, 2.24) is 0 Å². The van der Waals surface area contributed by atoms with Crippen molar-refractivity contribution in [2.75, 3.05) is 5.32 Å². The fourth-order valence-electron chi connectivity index (χ4n) is 2.09. The van der Waals surface area contributed by atoms with E-state index in [1.54, 1.807) is 6.07 Å². The third-order valence-electron chi connectivity index (χ3n) is 2.70. The molecule has 1 aromatic carbocycles. The molecule has 2 nitrogen and oxygen atoms in total. The molecule has 0 aromatic heterocycles. The highest BCUT2D eigenvalue weighted by Gasteiger charge is 2.22. The SMILES string of the molecule is CC1CC(C)c2cccc(O)c2N1. The first-order valence-corrected chi connectivity index (χ1v) is 4.77. The molecule has 2 heteroatoms. The smallest absolute Gasteiger partial charge is 0.138 e. The maximum atomic E-state index is 9.63. The Kier molecular flexibility index (Phi) is 1.91. The lowest BCUT2D eigenvalue weighted by Gasteiger charge is -2.29. The van der Waals surface area contributed by atoms with Gasteiger partial charge in [0.2, 0.25) is 0 Å². The van der Waals surface area contributed by atoms with Crippen molar-refractivity contribution >= 4 is 5.69 Å². The summed E-state index contributed by atoms with van der Waals surface area (Å²) in [6, 6.07) is 6.17. The van der Waals surface area contributed by atoms with Crippen LogP contribution >= 0.6 is 0 Å². The van der Waals surface area contributed by atoms with E-state index in [9.17, 15) is 5.11 Å². The number of hydrogen-bond acceptors (Lipinski definition) is 2. The fraction of sp³-hybridized carbons (Fsp3) is 0.455. The van der Waals surface area contributed by atoms with Gasteiger partial charge in [-0.3, -0.25) is 0 Å². The molecular formula is C11H15NO. The van der Waals surface area contributed by atoms with Gasteiger partial charge in [0.05, 0.1) is 5.69 Å². The zero-order chi connectivity index (χ0) is 9.42. The number of phenols is 1. The predicted octanol–water partition coefficient (Wildman–Crippen LogP) is 2.70. The molecule has 0 bridgehead atoms. The van der Waals surface area contributed by atoms with Crippen molar-refractivity contribution in [2.24, 2.45) is 0 Å². The van der Waals surface area contributed by atoms with Gasteiger partial charge < -0.3 is 10.4 Å². The topological polar surface area (TPSA) is 32.3 Å². The molecule has 0 saturated carbocycles. The summed E-state index contributed by atoms with van der Waals surface area (Å²) in [6.07, 6.45) is 1.14. The Hall–Kier alpha value is -1.18. The minimum atomic E-state index is 0.371. The van der Waals surface area contributed by atoms with Crippen molar-refractivity contribution < 1.29 is 5.11 Å². The standard InChI is InChI=1S/C11H15NO/c1-7-6-8(2)12-11-9(7)4-3-5-10(11)13/h3-5,7-8,12-13H,6H2,1-2H3. The van der Waals surface area contributed by atoms with E-state index in [1.165, 1.54) is 5.56 Å². The Bertz CT molecular complexity index is 322. The van der Waals surface area contributed by atoms with E-state index in [1.807, 2.05) is 6.07 Å². The van der Waals surface area contributed by atoms with Gasteiger partial charge in [-0.25, -0.2) is 0 Å². The average molecular weight is 177 g/mol. The maximum absolute atomic E-state index is 9.63. The van der Waals surface area contributed by atoms with Crippen LogP contribution in [-0.2, 0) is 0 Å². The van der Waals surface area contributed by atoms with Crippen LogP contribution in [0.3, 0.4) is 0 Å². The van der Waals surface area contributed by atoms with E-state index in [2.05, 4.69) is 25.2 Å². The van der Waals surface area contributed by atoms with Gasteiger partial charge >= 0.3 is 0 Å². The summed E-state index contributed by atoms with van der Waals surface area (Å²) in [5.41, 5.74) is 2.16. The summed E-state index contributed by atoms with van der Waals surface area (Å²) in [7, 11) is 0. The van der Waals surface area contributed by atoms with E-state index >= 15 is 0 Å². The molecule has 2 N–H and O–H groups in total. The van der Waals surface area contributed by atoms with Crippen LogP contribution in [-0.4, -0.2) is 11.1 Å². The van der Waals surface area contributed by atoms with Crippen LogP contribution in [0.5, 0.6) is 5.75 Å². The molecule has 0 aliphatic carbocycles. The van der Waals surface area contributed by atoms with Crippen LogP contribution < -0.4 is 5.32 Å². The first-order chi connectivity index (χ1) is 6.18. The van der Waals surface area contributed by atoms with Crippen LogP contribution in [0, 0.1) is 0 Å². The van der Waals surface area contributed by atoms with Crippen molar-refractivity contribution in [3.63, 3.8) is 0 Å². The third-order valence-corrected chi connectivity index (χ3v) is 2.70. The number of fused-ring (bicyclic) bond motifs is 1. The van der Waals surface area contributed by atoms with E-state index in [0.717, 1.165) is 12.1 Å². The molecule has 70 valence electrons. The van der Waals surface area contributed by atoms with Gasteiger partial charge in [-0.1, -0.05) is 19.1 Å². The quantitative estimate of drug-likeness (QED) is 0.597. The first-order valence-electron chi connectivity index (χ1n) is 4.77. The molecule has 2 rings (SSSR count). The van der Waals surface area contributed by atoms with Gasteiger partial charge in [0.25, 0.3) is 0 Å². The number of para-hydroxylation sites is 1. The molecule has 1 aromatic rings. The van der Waals surface area contributed by atoms with Crippen LogP contribution in [0.15, 0.2) is 18.2 Å². The second-order valence-corrected chi connectivity index (χ2v) is 3.92. The number of benzene rings is 1. The fourth-order valence-corrected chi connectivity index (χ4v) is 2.09. The number of rotatable bonds is 0. The molecule has 1 aliphatic heterocycles. The number of phenolic OH excluding ortho intramolecular Hbond substituents is 1. The van der Waals surface area contributed by atoms with Crippen LogP contribution in [0.1, 0.15) is 31.7 Å². The Morgan fingerprint density at radius 2 is 2.15 bits per heavy atom. The molecule has 1 heterocycles. The minimum absolute atomic E-state index is 0.371. The molecular weight excluding hydrogens is 162 g/mol. The van der Waals surface area contributed by atoms with Gasteiger partial charge in [0.1, 0.15) is 5.75 Å². The second-order valence-electron chi connectivity index (χ2n) is 3.92. The van der Waals surface area contributed by atoms with Crippen molar-refractivity contribution in [3.8, 4) is 5.75 Å². The molecule has 13 heavy (non-hydrogen) atoms. The summed E-state index contributed by atoms with van der Waals surface area (Å²) in [5.74, 6) is 0.911. The molecule has 2 atom stereocenters. The van der Waals surface area contributed by atoms with Crippen LogP contribution in [0.2, 0.25) is 0 Å². The summed E-state index contributed by atoms with van der Waals surface area (Å²) in [6.45, 7) is 4.35. The largest absolute Gasteiger partial charge is 0.506 e. The predicted molar refractivity (Wildman–Crippen MR) is 54.2 cm³/mol. The summed E-state index contributed by atoms with van der Waals surface area (Å²) in [5, 5.41) is 12.9. The lowest BCUT2D eigenvalue weighted by atomic mass is 9.89. The number of anilines is 1. The zero-order valence-electron chi connectivity index (χ0n) is 8.04. The Labute approximate surface area is 78.6 Å². The summed E-state index contributed by atoms with van der Waals surface area (Å²) >= 11 is 0. The van der Waals surface area contributed by atoms with Gasteiger partial charge in [0.15, 0.2) is 0 Å². The van der Waals surface area contributed by atoms with E-state index < -0.39 is 0 Å². The molecule has 1 aliphatic rings. The third kappa shape index (κ3) is 1.37. The molecule has 0 radical (unpaired) electrons. The van der Waals surface area contributed by atoms with Gasteiger partial charge in [-0.2, -0.15) is 0 Å². The van der Waals surface area contributed by atoms with Crippen molar-refractivity contribution in [1.29, 1.82) is 0 Å². The molecule has 0 saturated heterocycles. The Balaban J connectivity index is 2.49. The van der Waals surface area contributed by atoms with Gasteiger partial charge in [-0.05, 0) is 30.9 Å². The van der Waals surface area contributed by atoms with Gasteiger partial charge in [0, 0.05) is 6.04 Å².